The lowest BCUT2D eigenvalue weighted by molar-refractivity contribution is 0.456. The number of nitrogens with zero attached hydrogens (tertiary/aromatic N) is 3. The zero-order valence-corrected chi connectivity index (χ0v) is 18.2. The number of nitriles is 1. The molecule has 0 aliphatic heterocycles. The van der Waals surface area contributed by atoms with Crippen LogP contribution in [0, 0.1) is 32.1 Å². The zero-order valence-electron chi connectivity index (χ0n) is 18.2. The minimum absolute atomic E-state index is 0.290. The number of hydrogen-bond donors (Lipinski definition) is 2. The zero-order chi connectivity index (χ0) is 22.7. The van der Waals surface area contributed by atoms with Gasteiger partial charge in [-0.3, -0.25) is 0 Å². The summed E-state index contributed by atoms with van der Waals surface area (Å²) in [5, 5.41) is 12.0. The third kappa shape index (κ3) is 4.68. The predicted octanol–water partition coefficient (Wildman–Crippen LogP) is 6.06. The van der Waals surface area contributed by atoms with Crippen molar-refractivity contribution < 1.29 is 4.74 Å². The summed E-state index contributed by atoms with van der Waals surface area (Å²) >= 11 is 0. The average molecular weight is 422 g/mol. The van der Waals surface area contributed by atoms with Crippen LogP contribution >= 0.6 is 0 Å². The normalized spacial score (nSPS) is 10.4. The summed E-state index contributed by atoms with van der Waals surface area (Å²) in [5.41, 5.74) is 12.8. The molecule has 158 valence electrons. The highest BCUT2D eigenvalue weighted by Gasteiger charge is 2.12. The second kappa shape index (κ2) is 8.78. The standard InChI is InChI=1S/C26H23N5O/c1-16-5-4-6-20(11-16)21-12-17(2)25(18(3)13-21)32-24-14-23(28)30-26(31-24)29-22-9-7-19(15-27)8-10-22/h4-14H,1-3H3,(H3,28,29,30,31). The van der Waals surface area contributed by atoms with Crippen LogP contribution in [0.1, 0.15) is 22.3 Å². The van der Waals surface area contributed by atoms with Gasteiger partial charge in [0, 0.05) is 11.8 Å². The molecule has 0 spiro atoms. The van der Waals surface area contributed by atoms with Gasteiger partial charge in [-0.05, 0) is 79.4 Å². The van der Waals surface area contributed by atoms with E-state index in [1.54, 1.807) is 30.3 Å². The van der Waals surface area contributed by atoms with E-state index >= 15 is 0 Å². The fourth-order valence-electron chi connectivity index (χ4n) is 3.52. The summed E-state index contributed by atoms with van der Waals surface area (Å²) in [5.74, 6) is 1.70. The Morgan fingerprint density at radius 3 is 2.25 bits per heavy atom. The predicted molar refractivity (Wildman–Crippen MR) is 127 cm³/mol. The minimum atomic E-state index is 0.290. The quantitative estimate of drug-likeness (QED) is 0.407. The maximum Gasteiger partial charge on any atom is 0.232 e. The van der Waals surface area contributed by atoms with Crippen molar-refractivity contribution in [2.45, 2.75) is 20.8 Å². The van der Waals surface area contributed by atoms with E-state index in [9.17, 15) is 0 Å². The molecule has 0 bridgehead atoms. The van der Waals surface area contributed by atoms with E-state index in [-0.39, 0.29) is 5.82 Å². The van der Waals surface area contributed by atoms with Crippen LogP contribution in [0.4, 0.5) is 17.5 Å². The highest BCUT2D eigenvalue weighted by Crippen LogP contribution is 2.33. The van der Waals surface area contributed by atoms with Gasteiger partial charge in [-0.15, -0.1) is 0 Å². The van der Waals surface area contributed by atoms with Crippen molar-refractivity contribution in [3.8, 4) is 28.8 Å². The number of ether oxygens (including phenoxy) is 1. The fourth-order valence-corrected chi connectivity index (χ4v) is 3.52. The van der Waals surface area contributed by atoms with Gasteiger partial charge in [-0.1, -0.05) is 29.8 Å². The SMILES string of the molecule is Cc1cccc(-c2cc(C)c(Oc3cc(N)nc(Nc4ccc(C#N)cc4)n3)c(C)c2)c1. The van der Waals surface area contributed by atoms with Crippen molar-refractivity contribution in [3.63, 3.8) is 0 Å². The lowest BCUT2D eigenvalue weighted by Crippen LogP contribution is -2.03. The number of nitrogens with two attached hydrogens (primary N) is 1. The Balaban J connectivity index is 1.60. The van der Waals surface area contributed by atoms with Crippen LogP contribution in [0.25, 0.3) is 11.1 Å². The molecule has 0 amide bonds. The Bertz CT molecular complexity index is 1300. The molecule has 3 N–H and O–H groups in total. The summed E-state index contributed by atoms with van der Waals surface area (Å²) in [6, 6.07) is 23.3. The Morgan fingerprint density at radius 2 is 1.59 bits per heavy atom. The molecule has 0 saturated heterocycles. The van der Waals surface area contributed by atoms with Crippen molar-refractivity contribution in [3.05, 3.63) is 89.0 Å². The summed E-state index contributed by atoms with van der Waals surface area (Å²) in [7, 11) is 0. The number of nitrogen functional groups attached to an aromatic ring is 1. The van der Waals surface area contributed by atoms with Gasteiger partial charge in [0.1, 0.15) is 11.6 Å². The molecule has 0 atom stereocenters. The third-order valence-electron chi connectivity index (χ3n) is 5.01. The van der Waals surface area contributed by atoms with Crippen LogP contribution in [0.15, 0.2) is 66.7 Å². The van der Waals surface area contributed by atoms with Crippen LogP contribution < -0.4 is 15.8 Å². The summed E-state index contributed by atoms with van der Waals surface area (Å²) in [4.78, 5) is 8.68. The number of anilines is 3. The average Bonchev–Trinajstić information content (AvgIpc) is 2.76. The molecule has 6 nitrogen and oxygen atoms in total. The summed E-state index contributed by atoms with van der Waals surface area (Å²) < 4.78 is 6.14. The van der Waals surface area contributed by atoms with Gasteiger partial charge < -0.3 is 15.8 Å². The molecular weight excluding hydrogens is 398 g/mol. The number of aryl methyl sites for hydroxylation is 3. The first-order chi connectivity index (χ1) is 15.4. The van der Waals surface area contributed by atoms with Crippen molar-refractivity contribution in [1.82, 2.24) is 9.97 Å². The molecule has 0 aliphatic carbocycles. The molecular formula is C26H23N5O. The van der Waals surface area contributed by atoms with Crippen molar-refractivity contribution in [1.29, 1.82) is 5.26 Å². The molecule has 4 rings (SSSR count). The summed E-state index contributed by atoms with van der Waals surface area (Å²) in [6.45, 7) is 6.12. The van der Waals surface area contributed by atoms with E-state index < -0.39 is 0 Å². The van der Waals surface area contributed by atoms with E-state index in [1.807, 2.05) is 13.8 Å². The Kier molecular flexibility index (Phi) is 5.73. The fraction of sp³-hybridized carbons (Fsp3) is 0.115. The highest BCUT2D eigenvalue weighted by atomic mass is 16.5. The van der Waals surface area contributed by atoms with E-state index in [0.717, 1.165) is 28.1 Å². The van der Waals surface area contributed by atoms with Gasteiger partial charge in [0.05, 0.1) is 11.6 Å². The number of aromatic nitrogens is 2. The first-order valence-corrected chi connectivity index (χ1v) is 10.2. The monoisotopic (exact) mass is 421 g/mol. The highest BCUT2D eigenvalue weighted by molar-refractivity contribution is 5.68. The van der Waals surface area contributed by atoms with Crippen LogP contribution in [0.3, 0.4) is 0 Å². The molecule has 3 aromatic carbocycles. The molecule has 1 heterocycles. The van der Waals surface area contributed by atoms with E-state index in [1.165, 1.54) is 11.1 Å². The van der Waals surface area contributed by atoms with Crippen LogP contribution in [0.5, 0.6) is 11.6 Å². The topological polar surface area (TPSA) is 96.9 Å². The molecule has 0 fully saturated rings. The van der Waals surface area contributed by atoms with Gasteiger partial charge in [-0.25, -0.2) is 0 Å². The second-order valence-corrected chi connectivity index (χ2v) is 7.68. The van der Waals surface area contributed by atoms with E-state index in [0.29, 0.717) is 17.4 Å². The van der Waals surface area contributed by atoms with Crippen LogP contribution in [-0.4, -0.2) is 9.97 Å². The molecule has 0 unspecified atom stereocenters. The molecule has 1 aromatic heterocycles. The Morgan fingerprint density at radius 1 is 0.875 bits per heavy atom. The maximum absolute atomic E-state index is 8.94. The second-order valence-electron chi connectivity index (χ2n) is 7.68. The number of hydrogen-bond acceptors (Lipinski definition) is 6. The number of nitrogens with one attached hydrogen (secondary N) is 1. The third-order valence-corrected chi connectivity index (χ3v) is 5.01. The lowest BCUT2D eigenvalue weighted by atomic mass is 9.98. The van der Waals surface area contributed by atoms with Crippen LogP contribution in [-0.2, 0) is 0 Å². The Labute approximate surface area is 187 Å². The van der Waals surface area contributed by atoms with Crippen molar-refractivity contribution in [2.75, 3.05) is 11.1 Å². The van der Waals surface area contributed by atoms with Crippen LogP contribution in [0.2, 0.25) is 0 Å². The summed E-state index contributed by atoms with van der Waals surface area (Å²) in [6.07, 6.45) is 0. The Hall–Kier alpha value is -4.37. The maximum atomic E-state index is 8.94. The van der Waals surface area contributed by atoms with Crippen molar-refractivity contribution in [2.24, 2.45) is 0 Å². The molecule has 0 saturated carbocycles. The van der Waals surface area contributed by atoms with E-state index in [2.05, 4.69) is 64.7 Å². The van der Waals surface area contributed by atoms with Crippen molar-refractivity contribution >= 4 is 17.5 Å². The van der Waals surface area contributed by atoms with Gasteiger partial charge in [0.15, 0.2) is 0 Å². The van der Waals surface area contributed by atoms with Gasteiger partial charge in [0.25, 0.3) is 0 Å². The minimum Gasteiger partial charge on any atom is -0.438 e. The molecule has 0 aliphatic rings. The number of rotatable bonds is 5. The van der Waals surface area contributed by atoms with E-state index in [4.69, 9.17) is 15.7 Å². The number of benzene rings is 3. The lowest BCUT2D eigenvalue weighted by Gasteiger charge is -2.15. The smallest absolute Gasteiger partial charge is 0.232 e. The first-order valence-electron chi connectivity index (χ1n) is 10.2. The molecule has 4 aromatic rings. The van der Waals surface area contributed by atoms with Gasteiger partial charge in [0.2, 0.25) is 11.8 Å². The molecule has 32 heavy (non-hydrogen) atoms. The molecule has 6 heteroatoms. The van der Waals surface area contributed by atoms with Gasteiger partial charge in [-0.2, -0.15) is 15.2 Å². The largest absolute Gasteiger partial charge is 0.438 e. The molecule has 0 radical (unpaired) electrons. The first kappa shape index (κ1) is 20.9. The van der Waals surface area contributed by atoms with Gasteiger partial charge >= 0.3 is 0 Å².